The Hall–Kier alpha value is -2.24. The van der Waals surface area contributed by atoms with Crippen molar-refractivity contribution in [3.05, 3.63) is 29.8 Å². The molecule has 1 aromatic rings. The van der Waals surface area contributed by atoms with Crippen LogP contribution in [0.1, 0.15) is 18.4 Å². The Morgan fingerprint density at radius 2 is 2.00 bits per heavy atom. The van der Waals surface area contributed by atoms with Gasteiger partial charge >= 0.3 is 6.09 Å². The quantitative estimate of drug-likeness (QED) is 0.712. The van der Waals surface area contributed by atoms with E-state index in [4.69, 9.17) is 15.6 Å². The molecule has 0 radical (unpaired) electrons. The molecule has 0 aliphatic rings. The normalized spacial score (nSPS) is 11.6. The number of carbonyl (C=O) groups excluding carboxylic acids is 2. The average Bonchev–Trinajstić information content (AvgIpc) is 2.38. The van der Waals surface area contributed by atoms with Gasteiger partial charge in [0, 0.05) is 7.05 Å². The Bertz CT molecular complexity index is 431. The minimum Gasteiger partial charge on any atom is -0.508 e. The number of nitrogens with one attached hydrogen (secondary N) is 1. The second-order valence-electron chi connectivity index (χ2n) is 4.10. The van der Waals surface area contributed by atoms with E-state index in [2.05, 4.69) is 5.32 Å². The lowest BCUT2D eigenvalue weighted by Gasteiger charge is -2.14. The van der Waals surface area contributed by atoms with Crippen LogP contribution in [0, 0.1) is 0 Å². The molecule has 0 saturated carbocycles. The summed E-state index contributed by atoms with van der Waals surface area (Å²) in [6, 6.07) is 6.81. The SMILES string of the molecule is CNC(=O)C(CCCc1ccc(O)cc1)OC(N)=O. The highest BCUT2D eigenvalue weighted by Crippen LogP contribution is 2.13. The molecule has 6 nitrogen and oxygen atoms in total. The maximum atomic E-state index is 11.5. The summed E-state index contributed by atoms with van der Waals surface area (Å²) in [6.45, 7) is 0. The van der Waals surface area contributed by atoms with Crippen molar-refractivity contribution < 1.29 is 19.4 Å². The fourth-order valence-corrected chi connectivity index (χ4v) is 1.70. The molecule has 0 aliphatic carbocycles. The van der Waals surface area contributed by atoms with Gasteiger partial charge in [-0.05, 0) is 37.0 Å². The number of hydrogen-bond acceptors (Lipinski definition) is 4. The predicted octanol–water partition coefficient (Wildman–Crippen LogP) is 0.925. The molecule has 1 atom stereocenters. The number of carbonyl (C=O) groups is 2. The number of ether oxygens (including phenoxy) is 1. The molecule has 19 heavy (non-hydrogen) atoms. The fraction of sp³-hybridized carbons (Fsp3) is 0.385. The van der Waals surface area contributed by atoms with E-state index >= 15 is 0 Å². The van der Waals surface area contributed by atoms with Crippen LogP contribution in [-0.4, -0.2) is 30.3 Å². The van der Waals surface area contributed by atoms with Crippen molar-refractivity contribution in [3.8, 4) is 5.75 Å². The molecular formula is C13H18N2O4. The molecule has 0 bridgehead atoms. The molecule has 104 valence electrons. The van der Waals surface area contributed by atoms with Crippen molar-refractivity contribution in [2.24, 2.45) is 5.73 Å². The van der Waals surface area contributed by atoms with E-state index < -0.39 is 12.2 Å². The lowest BCUT2D eigenvalue weighted by molar-refractivity contribution is -0.129. The molecule has 0 aromatic heterocycles. The van der Waals surface area contributed by atoms with E-state index in [1.807, 2.05) is 0 Å². The first-order chi connectivity index (χ1) is 9.02. The number of primary amides is 1. The van der Waals surface area contributed by atoms with Crippen LogP contribution < -0.4 is 11.1 Å². The maximum Gasteiger partial charge on any atom is 0.405 e. The lowest BCUT2D eigenvalue weighted by atomic mass is 10.1. The molecule has 0 saturated heterocycles. The van der Waals surface area contributed by atoms with E-state index in [0.29, 0.717) is 12.8 Å². The highest BCUT2D eigenvalue weighted by Gasteiger charge is 2.20. The van der Waals surface area contributed by atoms with Gasteiger partial charge in [0.05, 0.1) is 0 Å². The first kappa shape index (κ1) is 14.8. The molecule has 1 aromatic carbocycles. The van der Waals surface area contributed by atoms with E-state index in [1.54, 1.807) is 24.3 Å². The molecule has 0 spiro atoms. The van der Waals surface area contributed by atoms with Gasteiger partial charge in [-0.25, -0.2) is 4.79 Å². The number of rotatable bonds is 6. The second kappa shape index (κ2) is 7.25. The van der Waals surface area contributed by atoms with Crippen LogP contribution in [0.15, 0.2) is 24.3 Å². The Labute approximate surface area is 111 Å². The number of aromatic hydroxyl groups is 1. The number of amides is 2. The van der Waals surface area contributed by atoms with Gasteiger partial charge in [0.15, 0.2) is 6.10 Å². The smallest absolute Gasteiger partial charge is 0.405 e. The molecule has 1 unspecified atom stereocenters. The van der Waals surface area contributed by atoms with Gasteiger partial charge in [-0.2, -0.15) is 0 Å². The van der Waals surface area contributed by atoms with E-state index in [1.165, 1.54) is 7.05 Å². The van der Waals surface area contributed by atoms with Gasteiger partial charge in [-0.3, -0.25) is 4.79 Å². The molecule has 1 rings (SSSR count). The predicted molar refractivity (Wildman–Crippen MR) is 69.6 cm³/mol. The minimum atomic E-state index is -0.960. The number of benzene rings is 1. The van der Waals surface area contributed by atoms with Crippen molar-refractivity contribution >= 4 is 12.0 Å². The van der Waals surface area contributed by atoms with Crippen molar-refractivity contribution in [3.63, 3.8) is 0 Å². The first-order valence-corrected chi connectivity index (χ1v) is 5.98. The number of nitrogens with two attached hydrogens (primary N) is 1. The summed E-state index contributed by atoms with van der Waals surface area (Å²) < 4.78 is 4.75. The molecule has 6 heteroatoms. The Morgan fingerprint density at radius 1 is 1.37 bits per heavy atom. The third-order valence-electron chi connectivity index (χ3n) is 2.67. The third-order valence-corrected chi connectivity index (χ3v) is 2.67. The number of phenols is 1. The van der Waals surface area contributed by atoms with Gasteiger partial charge in [-0.15, -0.1) is 0 Å². The molecule has 4 N–H and O–H groups in total. The van der Waals surface area contributed by atoms with Gasteiger partial charge < -0.3 is 20.9 Å². The van der Waals surface area contributed by atoms with Crippen molar-refractivity contribution in [2.75, 3.05) is 7.05 Å². The van der Waals surface area contributed by atoms with Crippen LogP contribution in [0.5, 0.6) is 5.75 Å². The van der Waals surface area contributed by atoms with Crippen LogP contribution in [0.2, 0.25) is 0 Å². The highest BCUT2D eigenvalue weighted by atomic mass is 16.6. The largest absolute Gasteiger partial charge is 0.508 e. The van der Waals surface area contributed by atoms with Crippen LogP contribution in [0.25, 0.3) is 0 Å². The van der Waals surface area contributed by atoms with Gasteiger partial charge in [0.2, 0.25) is 0 Å². The summed E-state index contributed by atoms with van der Waals surface area (Å²) in [7, 11) is 1.47. The monoisotopic (exact) mass is 266 g/mol. The Balaban J connectivity index is 2.45. The van der Waals surface area contributed by atoms with Crippen molar-refractivity contribution in [2.45, 2.75) is 25.4 Å². The average molecular weight is 266 g/mol. The summed E-state index contributed by atoms with van der Waals surface area (Å²) in [5.74, 6) is -0.159. The summed E-state index contributed by atoms with van der Waals surface area (Å²) in [4.78, 5) is 22.2. The topological polar surface area (TPSA) is 102 Å². The highest BCUT2D eigenvalue weighted by molar-refractivity contribution is 5.82. The maximum absolute atomic E-state index is 11.5. The summed E-state index contributed by atoms with van der Waals surface area (Å²) in [5.41, 5.74) is 5.95. The zero-order valence-electron chi connectivity index (χ0n) is 10.8. The summed E-state index contributed by atoms with van der Waals surface area (Å²) in [6.07, 6.45) is -0.0481. The lowest BCUT2D eigenvalue weighted by Crippen LogP contribution is -2.37. The van der Waals surface area contributed by atoms with E-state index in [9.17, 15) is 9.59 Å². The van der Waals surface area contributed by atoms with Crippen LogP contribution >= 0.6 is 0 Å². The molecule has 0 aliphatic heterocycles. The van der Waals surface area contributed by atoms with E-state index in [0.717, 1.165) is 12.0 Å². The number of phenolic OH excluding ortho intramolecular Hbond substituents is 1. The molecule has 0 fully saturated rings. The molecular weight excluding hydrogens is 248 g/mol. The fourth-order valence-electron chi connectivity index (χ4n) is 1.70. The van der Waals surface area contributed by atoms with Crippen molar-refractivity contribution in [1.29, 1.82) is 0 Å². The number of aryl methyl sites for hydroxylation is 1. The van der Waals surface area contributed by atoms with Crippen LogP contribution in [0.3, 0.4) is 0 Å². The molecule has 0 heterocycles. The number of likely N-dealkylation sites (N-methyl/N-ethyl adjacent to an activating group) is 1. The zero-order chi connectivity index (χ0) is 14.3. The Kier molecular flexibility index (Phi) is 5.66. The first-order valence-electron chi connectivity index (χ1n) is 5.98. The van der Waals surface area contributed by atoms with Gasteiger partial charge in [-0.1, -0.05) is 12.1 Å². The van der Waals surface area contributed by atoms with E-state index in [-0.39, 0.29) is 11.7 Å². The summed E-state index contributed by atoms with van der Waals surface area (Å²) in [5, 5.41) is 11.6. The third kappa shape index (κ3) is 5.29. The van der Waals surface area contributed by atoms with Crippen LogP contribution in [-0.2, 0) is 16.0 Å². The zero-order valence-corrected chi connectivity index (χ0v) is 10.8. The van der Waals surface area contributed by atoms with Crippen LogP contribution in [0.4, 0.5) is 4.79 Å². The molecule has 2 amide bonds. The Morgan fingerprint density at radius 3 is 2.53 bits per heavy atom. The minimum absolute atomic E-state index is 0.212. The van der Waals surface area contributed by atoms with Gasteiger partial charge in [0.1, 0.15) is 5.75 Å². The summed E-state index contributed by atoms with van der Waals surface area (Å²) >= 11 is 0. The standard InChI is InChI=1S/C13H18N2O4/c1-15-12(17)11(19-13(14)18)4-2-3-9-5-7-10(16)8-6-9/h5-8,11,16H,2-4H2,1H3,(H2,14,18)(H,15,17). The van der Waals surface area contributed by atoms with Crippen molar-refractivity contribution in [1.82, 2.24) is 5.32 Å². The second-order valence-corrected chi connectivity index (χ2v) is 4.10. The number of hydrogen-bond donors (Lipinski definition) is 3. The van der Waals surface area contributed by atoms with Gasteiger partial charge in [0.25, 0.3) is 5.91 Å².